The van der Waals surface area contributed by atoms with E-state index in [9.17, 15) is 18.3 Å². The van der Waals surface area contributed by atoms with Crippen molar-refractivity contribution >= 4 is 0 Å². The van der Waals surface area contributed by atoms with Crippen molar-refractivity contribution < 1.29 is 32.5 Å². The van der Waals surface area contributed by atoms with Gasteiger partial charge in [0.15, 0.2) is 5.60 Å². The monoisotopic (exact) mass is 526 g/mol. The Morgan fingerprint density at radius 2 is 1.76 bits per heavy atom. The summed E-state index contributed by atoms with van der Waals surface area (Å²) in [5, 5.41) is 13.0. The molecule has 3 heterocycles. The number of hydrogen-bond acceptors (Lipinski definition) is 6. The molecule has 1 aliphatic carbocycles. The van der Waals surface area contributed by atoms with Gasteiger partial charge in [-0.1, -0.05) is 42.5 Å². The zero-order valence-electron chi connectivity index (χ0n) is 20.9. The molecule has 1 saturated carbocycles. The molecule has 1 saturated heterocycles. The fourth-order valence-electron chi connectivity index (χ4n) is 6.68. The molecule has 2 fully saturated rings. The zero-order chi connectivity index (χ0) is 26.5. The summed E-state index contributed by atoms with van der Waals surface area (Å²) in [5.74, 6) is 0.0954. The minimum Gasteiger partial charge on any atom is -0.495 e. The quantitative estimate of drug-likeness (QED) is 0.519. The topological polar surface area (TPSA) is 64.1 Å². The van der Waals surface area contributed by atoms with Gasteiger partial charge in [-0.15, -0.1) is 0 Å². The number of pyridine rings is 1. The second kappa shape index (κ2) is 9.25. The fraction of sp³-hybridized carbons (Fsp3) is 0.414. The lowest BCUT2D eigenvalue weighted by molar-refractivity contribution is -0.138. The molecule has 1 N–H and O–H groups in total. The highest BCUT2D eigenvalue weighted by atomic mass is 19.4. The van der Waals surface area contributed by atoms with E-state index in [1.165, 1.54) is 19.2 Å². The fourth-order valence-corrected chi connectivity index (χ4v) is 6.68. The van der Waals surface area contributed by atoms with Crippen molar-refractivity contribution in [1.82, 2.24) is 9.88 Å². The van der Waals surface area contributed by atoms with Crippen LogP contribution in [0, 0.1) is 5.92 Å². The number of halogens is 3. The summed E-state index contributed by atoms with van der Waals surface area (Å²) in [7, 11) is 1.51. The average Bonchev–Trinajstić information content (AvgIpc) is 3.35. The van der Waals surface area contributed by atoms with E-state index in [0.717, 1.165) is 30.8 Å². The molecule has 9 heteroatoms. The first-order valence-corrected chi connectivity index (χ1v) is 12.8. The molecular weight excluding hydrogens is 497 g/mol. The van der Waals surface area contributed by atoms with Gasteiger partial charge in [0.1, 0.15) is 17.1 Å². The summed E-state index contributed by atoms with van der Waals surface area (Å²) in [6, 6.07) is 14.7. The molecule has 4 unspecified atom stereocenters. The smallest absolute Gasteiger partial charge is 0.416 e. The van der Waals surface area contributed by atoms with E-state index >= 15 is 0 Å². The van der Waals surface area contributed by atoms with Crippen molar-refractivity contribution in [2.24, 2.45) is 5.92 Å². The predicted molar refractivity (Wildman–Crippen MR) is 133 cm³/mol. The van der Waals surface area contributed by atoms with Crippen LogP contribution in [0.4, 0.5) is 13.2 Å². The van der Waals surface area contributed by atoms with Gasteiger partial charge in [-0.2, -0.15) is 13.2 Å². The Hall–Kier alpha value is -3.14. The van der Waals surface area contributed by atoms with E-state index in [-0.39, 0.29) is 11.8 Å². The molecule has 2 aromatic carbocycles. The van der Waals surface area contributed by atoms with E-state index in [4.69, 9.17) is 14.2 Å². The first kappa shape index (κ1) is 25.2. The SMILES string of the molecule is COc1cncc2c1C1(O)C(CN3CCOCC3)CC(c3ccccc3)C1(c1ccc(C(F)(F)F)cc1)O2. The number of benzene rings is 2. The van der Waals surface area contributed by atoms with Crippen LogP contribution in [0.1, 0.15) is 34.6 Å². The number of aliphatic hydroxyl groups is 1. The van der Waals surface area contributed by atoms with Crippen LogP contribution in [0.15, 0.2) is 67.0 Å². The van der Waals surface area contributed by atoms with Crippen molar-refractivity contribution in [2.45, 2.75) is 29.7 Å². The Morgan fingerprint density at radius 1 is 1.05 bits per heavy atom. The number of rotatable bonds is 5. The summed E-state index contributed by atoms with van der Waals surface area (Å²) in [5.41, 5.74) is -1.84. The number of morpholine rings is 1. The van der Waals surface area contributed by atoms with E-state index in [0.29, 0.717) is 48.8 Å². The Balaban J connectivity index is 1.57. The second-order valence-electron chi connectivity index (χ2n) is 10.2. The maximum absolute atomic E-state index is 13.5. The first-order valence-electron chi connectivity index (χ1n) is 12.8. The highest BCUT2D eigenvalue weighted by Gasteiger charge is 2.73. The molecule has 4 atom stereocenters. The highest BCUT2D eigenvalue weighted by molar-refractivity contribution is 5.58. The van der Waals surface area contributed by atoms with Crippen molar-refractivity contribution in [3.63, 3.8) is 0 Å². The molecule has 6 rings (SSSR count). The predicted octanol–water partition coefficient (Wildman–Crippen LogP) is 4.72. The van der Waals surface area contributed by atoms with E-state index in [1.807, 2.05) is 30.3 Å². The Labute approximate surface area is 219 Å². The molecule has 2 aliphatic heterocycles. The van der Waals surface area contributed by atoms with Gasteiger partial charge in [0.05, 0.1) is 43.8 Å². The molecule has 3 aliphatic rings. The van der Waals surface area contributed by atoms with Crippen molar-refractivity contribution in [2.75, 3.05) is 40.0 Å². The minimum absolute atomic E-state index is 0.314. The molecule has 3 aromatic rings. The molecule has 0 spiro atoms. The number of methoxy groups -OCH3 is 1. The van der Waals surface area contributed by atoms with Gasteiger partial charge in [0, 0.05) is 31.5 Å². The molecular formula is C29H29F3N2O4. The Morgan fingerprint density at radius 3 is 2.42 bits per heavy atom. The van der Waals surface area contributed by atoms with Gasteiger partial charge in [-0.25, -0.2) is 0 Å². The van der Waals surface area contributed by atoms with Crippen LogP contribution < -0.4 is 9.47 Å². The van der Waals surface area contributed by atoms with Crippen LogP contribution in [-0.4, -0.2) is 54.9 Å². The largest absolute Gasteiger partial charge is 0.495 e. The number of hydrogen-bond donors (Lipinski definition) is 1. The summed E-state index contributed by atoms with van der Waals surface area (Å²) in [4.78, 5) is 6.52. The van der Waals surface area contributed by atoms with Gasteiger partial charge in [0.2, 0.25) is 0 Å². The lowest BCUT2D eigenvalue weighted by atomic mass is 9.69. The van der Waals surface area contributed by atoms with Crippen molar-refractivity contribution in [3.05, 3.63) is 89.2 Å². The maximum Gasteiger partial charge on any atom is 0.416 e. The molecule has 0 bridgehead atoms. The van der Waals surface area contributed by atoms with E-state index in [1.54, 1.807) is 12.4 Å². The normalized spacial score (nSPS) is 29.0. The molecule has 1 aromatic heterocycles. The lowest BCUT2D eigenvalue weighted by Crippen LogP contribution is -2.53. The molecule has 38 heavy (non-hydrogen) atoms. The molecule has 0 amide bonds. The van der Waals surface area contributed by atoms with Crippen molar-refractivity contribution in [1.29, 1.82) is 0 Å². The lowest BCUT2D eigenvalue weighted by Gasteiger charge is -2.43. The van der Waals surface area contributed by atoms with Gasteiger partial charge >= 0.3 is 6.18 Å². The number of nitrogens with zero attached hydrogens (tertiary/aromatic N) is 2. The first-order chi connectivity index (χ1) is 18.3. The maximum atomic E-state index is 13.5. The number of ether oxygens (including phenoxy) is 3. The molecule has 0 radical (unpaired) electrons. The van der Waals surface area contributed by atoms with Crippen LogP contribution in [0.25, 0.3) is 0 Å². The minimum atomic E-state index is -4.48. The molecule has 6 nitrogen and oxygen atoms in total. The van der Waals surface area contributed by atoms with E-state index < -0.39 is 22.9 Å². The standard InChI is InChI=1S/C29H29F3N2O4/c1-36-24-16-33-17-25-26(24)27(35)22(18-34-11-13-37-14-12-34)15-23(19-5-3-2-4-6-19)28(27,38-25)20-7-9-21(10-8-20)29(30,31)32/h2-10,16-17,22-23,35H,11-15,18H2,1H3. The van der Waals surface area contributed by atoms with Crippen LogP contribution in [0.3, 0.4) is 0 Å². The number of alkyl halides is 3. The van der Waals surface area contributed by atoms with Crippen molar-refractivity contribution in [3.8, 4) is 11.5 Å². The highest BCUT2D eigenvalue weighted by Crippen LogP contribution is 2.70. The van der Waals surface area contributed by atoms with Gasteiger partial charge < -0.3 is 19.3 Å². The summed E-state index contributed by atoms with van der Waals surface area (Å²) < 4.78 is 58.4. The van der Waals surface area contributed by atoms with Gasteiger partial charge in [-0.3, -0.25) is 9.88 Å². The van der Waals surface area contributed by atoms with Gasteiger partial charge in [-0.05, 0) is 29.7 Å². The van der Waals surface area contributed by atoms with Crippen LogP contribution in [0.2, 0.25) is 0 Å². The third-order valence-corrected chi connectivity index (χ3v) is 8.34. The third-order valence-electron chi connectivity index (χ3n) is 8.34. The van der Waals surface area contributed by atoms with Crippen LogP contribution in [-0.2, 0) is 22.1 Å². The Kier molecular flexibility index (Phi) is 6.13. The summed E-state index contributed by atoms with van der Waals surface area (Å²) in [6.07, 6.45) is -0.825. The van der Waals surface area contributed by atoms with Crippen LogP contribution in [0.5, 0.6) is 11.5 Å². The average molecular weight is 527 g/mol. The van der Waals surface area contributed by atoms with Crippen LogP contribution >= 0.6 is 0 Å². The summed E-state index contributed by atoms with van der Waals surface area (Å²) in [6.45, 7) is 3.25. The number of fused-ring (bicyclic) bond motifs is 3. The third kappa shape index (κ3) is 3.71. The van der Waals surface area contributed by atoms with E-state index in [2.05, 4.69) is 9.88 Å². The molecule has 200 valence electrons. The summed E-state index contributed by atoms with van der Waals surface area (Å²) >= 11 is 0. The Bertz CT molecular complexity index is 1300. The second-order valence-corrected chi connectivity index (χ2v) is 10.2. The van der Waals surface area contributed by atoms with Gasteiger partial charge in [0.25, 0.3) is 0 Å². The zero-order valence-corrected chi connectivity index (χ0v) is 20.9. The number of aromatic nitrogens is 1.